The summed E-state index contributed by atoms with van der Waals surface area (Å²) in [6, 6.07) is 1.58. The molecule has 0 saturated carbocycles. The summed E-state index contributed by atoms with van der Waals surface area (Å²) in [4.78, 5) is 12.0. The largest absolute Gasteiger partial charge is 0.360 e. The molecule has 128 valence electrons. The van der Waals surface area contributed by atoms with Gasteiger partial charge in [0.2, 0.25) is 15.9 Å². The fraction of sp³-hybridized carbons (Fsp3) is 0.600. The first-order chi connectivity index (χ1) is 10.8. The van der Waals surface area contributed by atoms with Crippen LogP contribution in [0.2, 0.25) is 0 Å². The van der Waals surface area contributed by atoms with Crippen molar-refractivity contribution < 1.29 is 17.7 Å². The number of rotatable bonds is 7. The van der Waals surface area contributed by atoms with Crippen LogP contribution in [0.25, 0.3) is 0 Å². The molecule has 7 nitrogen and oxygen atoms in total. The quantitative estimate of drug-likeness (QED) is 0.767. The van der Waals surface area contributed by atoms with Gasteiger partial charge < -0.3 is 9.84 Å². The Morgan fingerprint density at radius 3 is 2.78 bits per heavy atom. The van der Waals surface area contributed by atoms with Crippen molar-refractivity contribution in [2.75, 3.05) is 24.7 Å². The van der Waals surface area contributed by atoms with Crippen molar-refractivity contribution in [3.05, 3.63) is 23.5 Å². The number of nitrogens with one attached hydrogen (secondary N) is 1. The molecule has 1 aromatic heterocycles. The van der Waals surface area contributed by atoms with Crippen LogP contribution in [-0.4, -0.2) is 43.1 Å². The highest BCUT2D eigenvalue weighted by Crippen LogP contribution is 2.20. The molecular weight excluding hydrogens is 318 g/mol. The highest BCUT2D eigenvalue weighted by Gasteiger charge is 2.21. The lowest BCUT2D eigenvalue weighted by Crippen LogP contribution is -2.38. The molecule has 0 aromatic carbocycles. The Balaban J connectivity index is 1.92. The van der Waals surface area contributed by atoms with Gasteiger partial charge in [-0.2, -0.15) is 4.31 Å². The minimum absolute atomic E-state index is 0.224. The lowest BCUT2D eigenvalue weighted by molar-refractivity contribution is -0.116. The third kappa shape index (κ3) is 5.80. The van der Waals surface area contributed by atoms with Gasteiger partial charge in [-0.05, 0) is 39.0 Å². The number of hydrogen-bond donors (Lipinski definition) is 1. The topological polar surface area (TPSA) is 92.5 Å². The number of amides is 1. The Bertz CT molecular complexity index is 679. The molecule has 0 radical (unpaired) electrons. The smallest absolute Gasteiger partial charge is 0.240 e. The Morgan fingerprint density at radius 1 is 1.43 bits per heavy atom. The van der Waals surface area contributed by atoms with Crippen LogP contribution in [0.15, 0.2) is 22.2 Å². The van der Waals surface area contributed by atoms with E-state index in [0.717, 1.165) is 25.5 Å². The van der Waals surface area contributed by atoms with Crippen LogP contribution < -0.4 is 5.32 Å². The highest BCUT2D eigenvalue weighted by atomic mass is 32.2. The molecule has 1 N–H and O–H groups in total. The maximum atomic E-state index is 12.0. The molecule has 0 atom stereocenters. The Hall–Kier alpha value is -1.67. The lowest BCUT2D eigenvalue weighted by Gasteiger charge is -2.21. The van der Waals surface area contributed by atoms with Crippen molar-refractivity contribution in [1.29, 1.82) is 0 Å². The summed E-state index contributed by atoms with van der Waals surface area (Å²) < 4.78 is 29.8. The van der Waals surface area contributed by atoms with Gasteiger partial charge in [0.1, 0.15) is 5.76 Å². The Labute approximate surface area is 136 Å². The van der Waals surface area contributed by atoms with Crippen molar-refractivity contribution in [1.82, 2.24) is 9.46 Å². The minimum Gasteiger partial charge on any atom is -0.360 e. The van der Waals surface area contributed by atoms with Crippen LogP contribution in [-0.2, 0) is 14.8 Å². The van der Waals surface area contributed by atoms with Gasteiger partial charge in [-0.25, -0.2) is 8.42 Å². The number of sulfonamides is 1. The van der Waals surface area contributed by atoms with Gasteiger partial charge in [-0.3, -0.25) is 4.79 Å². The minimum atomic E-state index is -3.45. The lowest BCUT2D eigenvalue weighted by atomic mass is 9.97. The number of allylic oxidation sites excluding steroid dienone is 1. The van der Waals surface area contributed by atoms with E-state index in [1.807, 2.05) is 0 Å². The maximum absolute atomic E-state index is 12.0. The molecule has 0 unspecified atom stereocenters. The van der Waals surface area contributed by atoms with Crippen molar-refractivity contribution in [3.63, 3.8) is 0 Å². The van der Waals surface area contributed by atoms with E-state index in [1.54, 1.807) is 13.0 Å². The first-order valence-electron chi connectivity index (χ1n) is 7.71. The molecule has 1 aromatic rings. The van der Waals surface area contributed by atoms with Gasteiger partial charge in [-0.15, -0.1) is 0 Å². The second-order valence-electron chi connectivity index (χ2n) is 5.83. The Morgan fingerprint density at radius 2 is 2.22 bits per heavy atom. The molecule has 0 saturated heterocycles. The average Bonchev–Trinajstić information content (AvgIpc) is 2.88. The number of nitrogens with zero attached hydrogens (tertiary/aromatic N) is 2. The van der Waals surface area contributed by atoms with E-state index in [0.29, 0.717) is 18.7 Å². The van der Waals surface area contributed by atoms with Gasteiger partial charge >= 0.3 is 0 Å². The van der Waals surface area contributed by atoms with E-state index in [4.69, 9.17) is 4.52 Å². The van der Waals surface area contributed by atoms with E-state index >= 15 is 0 Å². The second kappa shape index (κ2) is 7.74. The van der Waals surface area contributed by atoms with E-state index in [9.17, 15) is 13.2 Å². The fourth-order valence-electron chi connectivity index (χ4n) is 2.53. The van der Waals surface area contributed by atoms with Gasteiger partial charge in [-0.1, -0.05) is 16.8 Å². The normalized spacial score (nSPS) is 15.5. The first kappa shape index (κ1) is 17.7. The van der Waals surface area contributed by atoms with Crippen LogP contribution in [0, 0.1) is 6.92 Å². The summed E-state index contributed by atoms with van der Waals surface area (Å²) in [5.41, 5.74) is 1.28. The molecule has 1 heterocycles. The van der Waals surface area contributed by atoms with Crippen molar-refractivity contribution in [3.8, 4) is 0 Å². The maximum Gasteiger partial charge on any atom is 0.240 e. The van der Waals surface area contributed by atoms with Gasteiger partial charge in [0, 0.05) is 12.6 Å². The van der Waals surface area contributed by atoms with E-state index < -0.39 is 15.9 Å². The predicted molar refractivity (Wildman–Crippen MR) is 87.5 cm³/mol. The number of anilines is 1. The summed E-state index contributed by atoms with van der Waals surface area (Å²) in [5, 5.41) is 6.20. The number of aryl methyl sites for hydroxylation is 1. The summed E-state index contributed by atoms with van der Waals surface area (Å²) in [7, 11) is -3.45. The molecular formula is C15H23N3O4S. The van der Waals surface area contributed by atoms with Crippen LogP contribution >= 0.6 is 0 Å². The average molecular weight is 341 g/mol. The van der Waals surface area contributed by atoms with Crippen LogP contribution in [0.5, 0.6) is 0 Å². The molecule has 8 heteroatoms. The molecule has 1 amide bonds. The molecule has 1 aliphatic carbocycles. The number of carbonyl (C=O) groups is 1. The van der Waals surface area contributed by atoms with Crippen molar-refractivity contribution in [2.24, 2.45) is 0 Å². The van der Waals surface area contributed by atoms with Crippen LogP contribution in [0.4, 0.5) is 5.82 Å². The van der Waals surface area contributed by atoms with Gasteiger partial charge in [0.15, 0.2) is 5.82 Å². The molecule has 0 bridgehead atoms. The van der Waals surface area contributed by atoms with Crippen molar-refractivity contribution in [2.45, 2.75) is 39.0 Å². The summed E-state index contributed by atoms with van der Waals surface area (Å²) >= 11 is 0. The van der Waals surface area contributed by atoms with Crippen LogP contribution in [0.3, 0.4) is 0 Å². The fourth-order valence-corrected chi connectivity index (χ4v) is 3.30. The summed E-state index contributed by atoms with van der Waals surface area (Å²) in [6.45, 7) is 1.80. The monoisotopic (exact) mass is 341 g/mol. The Kier molecular flexibility index (Phi) is 5.95. The van der Waals surface area contributed by atoms with E-state index in [2.05, 4.69) is 16.5 Å². The second-order valence-corrected chi connectivity index (χ2v) is 7.81. The van der Waals surface area contributed by atoms with Gasteiger partial charge in [0.25, 0.3) is 0 Å². The highest BCUT2D eigenvalue weighted by molar-refractivity contribution is 7.88. The molecule has 1 aliphatic rings. The number of aromatic nitrogens is 1. The molecule has 0 spiro atoms. The van der Waals surface area contributed by atoms with E-state index in [-0.39, 0.29) is 12.4 Å². The molecule has 2 rings (SSSR count). The SMILES string of the molecule is Cc1cc(NC(=O)CN(CCC2=CCCCC2)S(C)(=O)=O)no1. The summed E-state index contributed by atoms with van der Waals surface area (Å²) in [6.07, 6.45) is 8.39. The number of hydrogen-bond acceptors (Lipinski definition) is 5. The molecule has 0 fully saturated rings. The third-order valence-electron chi connectivity index (χ3n) is 3.75. The third-order valence-corrected chi connectivity index (χ3v) is 5.00. The van der Waals surface area contributed by atoms with Crippen molar-refractivity contribution >= 4 is 21.7 Å². The zero-order valence-electron chi connectivity index (χ0n) is 13.5. The van der Waals surface area contributed by atoms with Gasteiger partial charge in [0.05, 0.1) is 12.8 Å². The molecule has 23 heavy (non-hydrogen) atoms. The predicted octanol–water partition coefficient (Wildman–Crippen LogP) is 2.07. The summed E-state index contributed by atoms with van der Waals surface area (Å²) in [5.74, 6) is 0.432. The van der Waals surface area contributed by atoms with E-state index in [1.165, 1.54) is 16.3 Å². The standard InChI is InChI=1S/C15H23N3O4S/c1-12-10-14(17-22-12)16-15(19)11-18(23(2,20)21)9-8-13-6-4-3-5-7-13/h6,10H,3-5,7-9,11H2,1-2H3,(H,16,17,19). The first-order valence-corrected chi connectivity index (χ1v) is 9.55. The number of carbonyl (C=O) groups excluding carboxylic acids is 1. The zero-order valence-corrected chi connectivity index (χ0v) is 14.4. The molecule has 0 aliphatic heterocycles. The van der Waals surface area contributed by atoms with Crippen LogP contribution in [0.1, 0.15) is 37.9 Å². The zero-order chi connectivity index (χ0) is 16.9.